The second kappa shape index (κ2) is 17.6. The van der Waals surface area contributed by atoms with Crippen molar-refractivity contribution >= 4 is 56.0 Å². The average Bonchev–Trinajstić information content (AvgIpc) is 3.95. The van der Waals surface area contributed by atoms with Gasteiger partial charge in [-0.2, -0.15) is 0 Å². The Kier molecular flexibility index (Phi) is 11.3. The van der Waals surface area contributed by atoms with Gasteiger partial charge in [0.25, 0.3) is 11.8 Å². The lowest BCUT2D eigenvalue weighted by Gasteiger charge is -2.23. The Labute approximate surface area is 362 Å². The zero-order valence-corrected chi connectivity index (χ0v) is 35.0. The molecule has 0 bridgehead atoms. The topological polar surface area (TPSA) is 133 Å². The van der Waals surface area contributed by atoms with E-state index >= 15 is 0 Å². The Balaban J connectivity index is 0.929. The molecule has 314 valence electrons. The van der Waals surface area contributed by atoms with Crippen molar-refractivity contribution in [3.8, 4) is 17.2 Å². The molecule has 9 rings (SSSR count). The van der Waals surface area contributed by atoms with Gasteiger partial charge in [-0.05, 0) is 83.8 Å². The molecule has 2 N–H and O–H groups in total. The van der Waals surface area contributed by atoms with Crippen molar-refractivity contribution in [3.05, 3.63) is 190 Å². The van der Waals surface area contributed by atoms with Crippen molar-refractivity contribution in [3.63, 3.8) is 0 Å². The molecule has 0 fully saturated rings. The molecule has 0 aliphatic carbocycles. The van der Waals surface area contributed by atoms with E-state index in [2.05, 4.69) is 98.9 Å². The molecule has 12 heteroatoms. The number of fused-ring (bicyclic) bond motifs is 4. The lowest BCUT2D eigenvalue weighted by atomic mass is 10.1. The summed E-state index contributed by atoms with van der Waals surface area (Å²) in [5, 5.41) is 8.53. The Hall–Kier alpha value is -7.96. The van der Waals surface area contributed by atoms with Crippen LogP contribution in [0.5, 0.6) is 11.5 Å². The number of benzene rings is 6. The van der Waals surface area contributed by atoms with E-state index in [-0.39, 0.29) is 28.0 Å². The summed E-state index contributed by atoms with van der Waals surface area (Å²) in [7, 11) is 5.03. The average molecular weight is 837 g/mol. The van der Waals surface area contributed by atoms with Crippen LogP contribution in [0.2, 0.25) is 0 Å². The first kappa shape index (κ1) is 40.4. The molecule has 2 amide bonds. The first-order valence-electron chi connectivity index (χ1n) is 20.5. The number of carbonyl (C=O) groups is 2. The van der Waals surface area contributed by atoms with Crippen molar-refractivity contribution in [1.82, 2.24) is 19.0 Å². The van der Waals surface area contributed by atoms with Gasteiger partial charge in [0.2, 0.25) is 0 Å². The van der Waals surface area contributed by atoms with Gasteiger partial charge in [0, 0.05) is 84.4 Å². The molecule has 63 heavy (non-hydrogen) atoms. The number of anilines is 2. The van der Waals surface area contributed by atoms with Crippen LogP contribution in [0.1, 0.15) is 37.6 Å². The third-order valence-electron chi connectivity index (χ3n) is 11.3. The van der Waals surface area contributed by atoms with E-state index in [9.17, 15) is 14.4 Å². The molecule has 0 unspecified atom stereocenters. The Morgan fingerprint density at radius 1 is 0.698 bits per heavy atom. The first-order chi connectivity index (χ1) is 30.7. The second-order valence-corrected chi connectivity index (χ2v) is 15.4. The van der Waals surface area contributed by atoms with Crippen LogP contribution in [-0.2, 0) is 26.6 Å². The van der Waals surface area contributed by atoms with Gasteiger partial charge >= 0.3 is 0 Å². The van der Waals surface area contributed by atoms with E-state index in [1.807, 2.05) is 41.4 Å². The number of amides is 2. The van der Waals surface area contributed by atoms with Gasteiger partial charge in [-0.3, -0.25) is 19.3 Å². The maximum atomic E-state index is 13.9. The van der Waals surface area contributed by atoms with E-state index in [0.29, 0.717) is 22.6 Å². The highest BCUT2D eigenvalue weighted by Gasteiger charge is 2.22. The minimum Gasteiger partial charge on any atom is -0.493 e. The van der Waals surface area contributed by atoms with Crippen molar-refractivity contribution in [1.29, 1.82) is 0 Å². The fraction of sp³-hybridized carbons (Fsp3) is 0.137. The SMILES string of the molecule is COc1cc(NC(=O)c2cc(=O)c3ccccc3o2)c(C(=O)Nc2ccc(CCN(Cc3cccc(-n4ccnc4)c3)Cc3ccc4c(c3)c3ccccc3n4C)cc2)cc1OC. The number of imidazole rings is 1. The van der Waals surface area contributed by atoms with Gasteiger partial charge in [-0.1, -0.05) is 60.7 Å². The number of ether oxygens (including phenoxy) is 2. The second-order valence-electron chi connectivity index (χ2n) is 15.4. The summed E-state index contributed by atoms with van der Waals surface area (Å²) in [5.74, 6) is -0.822. The fourth-order valence-corrected chi connectivity index (χ4v) is 8.08. The Morgan fingerprint density at radius 2 is 1.41 bits per heavy atom. The summed E-state index contributed by atoms with van der Waals surface area (Å²) in [6.45, 7) is 2.27. The summed E-state index contributed by atoms with van der Waals surface area (Å²) in [5.41, 5.74) is 7.72. The highest BCUT2D eigenvalue weighted by molar-refractivity contribution is 6.13. The maximum absolute atomic E-state index is 13.9. The minimum atomic E-state index is -0.711. The largest absolute Gasteiger partial charge is 0.493 e. The highest BCUT2D eigenvalue weighted by Crippen LogP contribution is 2.35. The predicted molar refractivity (Wildman–Crippen MR) is 246 cm³/mol. The van der Waals surface area contributed by atoms with Gasteiger partial charge in [0.1, 0.15) is 5.58 Å². The lowest BCUT2D eigenvalue weighted by molar-refractivity contribution is 0.0997. The van der Waals surface area contributed by atoms with E-state index in [1.54, 1.807) is 30.5 Å². The Bertz CT molecular complexity index is 3190. The fourth-order valence-electron chi connectivity index (χ4n) is 8.08. The molecule has 6 aromatic carbocycles. The standard InChI is InChI=1S/C51H44N6O6/c1-55-43-13-6-4-11-38(43)40-26-35(17-20-44(40)55)31-56(30-34-9-8-10-37(25-34)57-24-22-52-32-57)23-21-33-15-18-36(19-16-33)53-50(59)41-27-47(61-2)48(62-3)28-42(41)54-51(60)49-29-45(58)39-12-5-7-14-46(39)63-49/h4-20,22,24-29,32H,21,23,30-31H2,1-3H3,(H,53,59)(H,54,60). The number of carbonyl (C=O) groups excluding carboxylic acids is 2. The summed E-state index contributed by atoms with van der Waals surface area (Å²) in [6, 6.07) is 42.4. The molecule has 0 atom stereocenters. The third-order valence-corrected chi connectivity index (χ3v) is 11.3. The number of methoxy groups -OCH3 is 2. The molecule has 3 aromatic heterocycles. The van der Waals surface area contributed by atoms with Crippen LogP contribution in [0.15, 0.2) is 161 Å². The van der Waals surface area contributed by atoms with Gasteiger partial charge in [-0.25, -0.2) is 4.98 Å². The molecule has 12 nitrogen and oxygen atoms in total. The quantitative estimate of drug-likeness (QED) is 0.111. The number of nitrogens with one attached hydrogen (secondary N) is 2. The monoisotopic (exact) mass is 836 g/mol. The molecule has 0 aliphatic heterocycles. The lowest BCUT2D eigenvalue weighted by Crippen LogP contribution is -2.25. The maximum Gasteiger partial charge on any atom is 0.291 e. The van der Waals surface area contributed by atoms with Gasteiger partial charge in [0.05, 0.1) is 37.2 Å². The zero-order valence-electron chi connectivity index (χ0n) is 35.0. The van der Waals surface area contributed by atoms with Crippen LogP contribution in [0.3, 0.4) is 0 Å². The smallest absolute Gasteiger partial charge is 0.291 e. The van der Waals surface area contributed by atoms with Crippen molar-refractivity contribution < 1.29 is 23.5 Å². The van der Waals surface area contributed by atoms with Gasteiger partial charge in [-0.15, -0.1) is 0 Å². The summed E-state index contributed by atoms with van der Waals surface area (Å²) in [6.07, 6.45) is 6.30. The molecule has 0 spiro atoms. The first-order valence-corrected chi connectivity index (χ1v) is 20.5. The number of hydrogen-bond acceptors (Lipinski definition) is 8. The van der Waals surface area contributed by atoms with Crippen molar-refractivity contribution in [2.45, 2.75) is 19.5 Å². The van der Waals surface area contributed by atoms with E-state index < -0.39 is 11.8 Å². The molecule has 0 saturated heterocycles. The minimum absolute atomic E-state index is 0.114. The van der Waals surface area contributed by atoms with Gasteiger partial charge in [0.15, 0.2) is 22.7 Å². The number of rotatable bonds is 14. The predicted octanol–water partition coefficient (Wildman–Crippen LogP) is 9.39. The van der Waals surface area contributed by atoms with Crippen LogP contribution < -0.4 is 25.5 Å². The van der Waals surface area contributed by atoms with Crippen LogP contribution in [0, 0.1) is 0 Å². The van der Waals surface area contributed by atoms with Crippen molar-refractivity contribution in [2.75, 3.05) is 31.4 Å². The number of hydrogen-bond donors (Lipinski definition) is 2. The number of aryl methyl sites for hydroxylation is 1. The van der Waals surface area contributed by atoms with Gasteiger partial charge < -0.3 is 33.7 Å². The third kappa shape index (κ3) is 8.52. The molecule has 9 aromatic rings. The number of para-hydroxylation sites is 2. The van der Waals surface area contributed by atoms with E-state index in [4.69, 9.17) is 13.9 Å². The number of aromatic nitrogens is 3. The summed E-state index contributed by atoms with van der Waals surface area (Å²) >= 11 is 0. The molecular formula is C51H44N6O6. The van der Waals surface area contributed by atoms with Crippen molar-refractivity contribution in [2.24, 2.45) is 7.05 Å². The normalized spacial score (nSPS) is 11.4. The molecule has 0 radical (unpaired) electrons. The summed E-state index contributed by atoms with van der Waals surface area (Å²) in [4.78, 5) is 46.8. The molecular weight excluding hydrogens is 793 g/mol. The van der Waals surface area contributed by atoms with E-state index in [1.165, 1.54) is 59.3 Å². The molecule has 0 aliphatic rings. The molecule has 3 heterocycles. The Morgan fingerprint density at radius 3 is 2.19 bits per heavy atom. The van der Waals surface area contributed by atoms with E-state index in [0.717, 1.165) is 43.4 Å². The van der Waals surface area contributed by atoms with Crippen LogP contribution in [0.25, 0.3) is 38.5 Å². The zero-order chi connectivity index (χ0) is 43.5. The van der Waals surface area contributed by atoms with Crippen LogP contribution in [0.4, 0.5) is 11.4 Å². The summed E-state index contributed by atoms with van der Waals surface area (Å²) < 4.78 is 21.0. The number of nitrogens with zero attached hydrogens (tertiary/aromatic N) is 4. The van der Waals surface area contributed by atoms with Crippen LogP contribution in [-0.4, -0.2) is 51.6 Å². The molecule has 0 saturated carbocycles. The highest BCUT2D eigenvalue weighted by atomic mass is 16.5. The van der Waals surface area contributed by atoms with Crippen LogP contribution >= 0.6 is 0 Å².